The second-order valence-electron chi connectivity index (χ2n) is 11.2. The molecule has 2 fully saturated rings. The number of aryl methyl sites for hydroxylation is 1. The molecule has 0 aromatic heterocycles. The van der Waals surface area contributed by atoms with Crippen molar-refractivity contribution in [3.63, 3.8) is 0 Å². The van der Waals surface area contributed by atoms with Crippen molar-refractivity contribution < 1.29 is 14.3 Å². The molecule has 2 saturated heterocycles. The lowest BCUT2D eigenvalue weighted by Crippen LogP contribution is -2.66. The summed E-state index contributed by atoms with van der Waals surface area (Å²) in [7, 11) is 1.68. The quantitative estimate of drug-likeness (QED) is 0.299. The second kappa shape index (κ2) is 14.3. The fourth-order valence-corrected chi connectivity index (χ4v) is 6.00. The molecule has 214 valence electrons. The minimum absolute atomic E-state index is 0.155. The lowest BCUT2D eigenvalue weighted by molar-refractivity contribution is -0.175. The van der Waals surface area contributed by atoms with E-state index < -0.39 is 5.60 Å². The first kappa shape index (κ1) is 29.5. The van der Waals surface area contributed by atoms with Gasteiger partial charge in [0.2, 0.25) is 5.91 Å². The number of rotatable bonds is 15. The molecule has 1 amide bonds. The Morgan fingerprint density at radius 1 is 1.15 bits per heavy atom. The van der Waals surface area contributed by atoms with E-state index in [4.69, 9.17) is 9.47 Å². The van der Waals surface area contributed by atoms with Crippen molar-refractivity contribution in [3.8, 4) is 5.75 Å². The fraction of sp³-hybridized carbons (Fsp3) is 0.594. The monoisotopic (exact) mass is 536 g/mol. The molecule has 39 heavy (non-hydrogen) atoms. The van der Waals surface area contributed by atoms with Crippen molar-refractivity contribution in [1.82, 2.24) is 20.9 Å². The van der Waals surface area contributed by atoms with Gasteiger partial charge in [0.15, 0.2) is 0 Å². The highest BCUT2D eigenvalue weighted by Gasteiger charge is 2.49. The van der Waals surface area contributed by atoms with Crippen LogP contribution in [0, 0.1) is 12.8 Å². The zero-order chi connectivity index (χ0) is 27.7. The number of benzene rings is 2. The first-order valence-electron chi connectivity index (χ1n) is 14.8. The van der Waals surface area contributed by atoms with Crippen LogP contribution in [0.5, 0.6) is 5.75 Å². The molecule has 3 atom stereocenters. The Morgan fingerprint density at radius 2 is 1.92 bits per heavy atom. The van der Waals surface area contributed by atoms with E-state index in [0.29, 0.717) is 38.1 Å². The van der Waals surface area contributed by atoms with E-state index in [1.165, 1.54) is 11.1 Å². The number of ether oxygens (including phenoxy) is 2. The second-order valence-corrected chi connectivity index (χ2v) is 11.2. The van der Waals surface area contributed by atoms with E-state index in [1.807, 2.05) is 17.0 Å². The van der Waals surface area contributed by atoms with Crippen LogP contribution in [0.25, 0.3) is 0 Å². The standard InChI is InChI=1S/C32H48N4O3/c1-5-7-18-39-32(28-11-9-8-10-24(28)3)21-36(22-32)31(37)29(19-25-12-14-27(38-4)15-13-25)34-17-16-26(6-2)30-20-33-23-35-30/h8-15,26,29-30,33-35H,5-7,16-23H2,1-4H3. The molecule has 0 radical (unpaired) electrons. The molecule has 4 rings (SSSR count). The normalized spacial score (nSPS) is 19.9. The lowest BCUT2D eigenvalue weighted by atomic mass is 9.82. The first-order chi connectivity index (χ1) is 19.0. The van der Waals surface area contributed by atoms with Crippen LogP contribution in [0.3, 0.4) is 0 Å². The van der Waals surface area contributed by atoms with Gasteiger partial charge in [-0.25, -0.2) is 0 Å². The Labute approximate surface area is 235 Å². The van der Waals surface area contributed by atoms with Crippen molar-refractivity contribution in [2.45, 2.75) is 70.6 Å². The van der Waals surface area contributed by atoms with Crippen LogP contribution in [-0.4, -0.2) is 69.5 Å². The Morgan fingerprint density at radius 3 is 2.56 bits per heavy atom. The van der Waals surface area contributed by atoms with Gasteiger partial charge in [-0.2, -0.15) is 0 Å². The number of carbonyl (C=O) groups is 1. The summed E-state index contributed by atoms with van der Waals surface area (Å²) in [4.78, 5) is 15.9. The molecule has 2 aromatic rings. The van der Waals surface area contributed by atoms with Gasteiger partial charge in [0.05, 0.1) is 26.2 Å². The Kier molecular flexibility index (Phi) is 10.8. The minimum atomic E-state index is -0.421. The van der Waals surface area contributed by atoms with Gasteiger partial charge in [0, 0.05) is 25.9 Å². The van der Waals surface area contributed by atoms with Crippen molar-refractivity contribution in [2.24, 2.45) is 5.92 Å². The van der Waals surface area contributed by atoms with Crippen molar-refractivity contribution >= 4 is 5.91 Å². The van der Waals surface area contributed by atoms with Gasteiger partial charge in [-0.05, 0) is 67.5 Å². The van der Waals surface area contributed by atoms with Crippen molar-refractivity contribution in [2.75, 3.05) is 46.6 Å². The summed E-state index contributed by atoms with van der Waals surface area (Å²) in [6.07, 6.45) is 4.92. The summed E-state index contributed by atoms with van der Waals surface area (Å²) in [5.74, 6) is 1.56. The highest BCUT2D eigenvalue weighted by Crippen LogP contribution is 2.38. The molecular formula is C32H48N4O3. The Balaban J connectivity index is 1.45. The number of hydrogen-bond acceptors (Lipinski definition) is 6. The molecule has 3 unspecified atom stereocenters. The van der Waals surface area contributed by atoms with E-state index in [9.17, 15) is 4.79 Å². The third kappa shape index (κ3) is 7.40. The van der Waals surface area contributed by atoms with E-state index >= 15 is 0 Å². The topological polar surface area (TPSA) is 74.9 Å². The molecule has 2 aromatic carbocycles. The van der Waals surface area contributed by atoms with Gasteiger partial charge in [0.1, 0.15) is 11.4 Å². The number of likely N-dealkylation sites (tertiary alicyclic amines) is 1. The number of nitrogens with zero attached hydrogens (tertiary/aromatic N) is 1. The largest absolute Gasteiger partial charge is 0.497 e. The number of nitrogens with one attached hydrogen (secondary N) is 3. The van der Waals surface area contributed by atoms with Crippen LogP contribution in [-0.2, 0) is 21.6 Å². The van der Waals surface area contributed by atoms with E-state index in [0.717, 1.165) is 56.8 Å². The number of amides is 1. The summed E-state index contributed by atoms with van der Waals surface area (Å²) in [5.41, 5.74) is 3.12. The highest BCUT2D eigenvalue weighted by atomic mass is 16.5. The zero-order valence-corrected chi connectivity index (χ0v) is 24.3. The van der Waals surface area contributed by atoms with Gasteiger partial charge in [0.25, 0.3) is 0 Å². The Bertz CT molecular complexity index is 1030. The van der Waals surface area contributed by atoms with Gasteiger partial charge < -0.3 is 30.3 Å². The number of hydrogen-bond donors (Lipinski definition) is 3. The maximum Gasteiger partial charge on any atom is 0.240 e. The van der Waals surface area contributed by atoms with Gasteiger partial charge in [-0.15, -0.1) is 0 Å². The van der Waals surface area contributed by atoms with Gasteiger partial charge in [-0.3, -0.25) is 4.79 Å². The third-order valence-electron chi connectivity index (χ3n) is 8.47. The predicted octanol–water partition coefficient (Wildman–Crippen LogP) is 3.99. The molecule has 7 heteroatoms. The summed E-state index contributed by atoms with van der Waals surface area (Å²) in [6, 6.07) is 16.7. The molecular weight excluding hydrogens is 488 g/mol. The zero-order valence-electron chi connectivity index (χ0n) is 24.3. The average Bonchev–Trinajstić information content (AvgIpc) is 3.47. The highest BCUT2D eigenvalue weighted by molar-refractivity contribution is 5.83. The molecule has 0 spiro atoms. The fourth-order valence-electron chi connectivity index (χ4n) is 6.00. The average molecular weight is 537 g/mol. The maximum atomic E-state index is 13.9. The molecule has 0 aliphatic carbocycles. The van der Waals surface area contributed by atoms with Crippen molar-refractivity contribution in [3.05, 3.63) is 65.2 Å². The lowest BCUT2D eigenvalue weighted by Gasteiger charge is -2.51. The summed E-state index contributed by atoms with van der Waals surface area (Å²) < 4.78 is 11.9. The first-order valence-corrected chi connectivity index (χ1v) is 14.8. The van der Waals surface area contributed by atoms with Gasteiger partial charge in [-0.1, -0.05) is 63.1 Å². The summed E-state index contributed by atoms with van der Waals surface area (Å²) in [5, 5.41) is 10.6. The molecule has 7 nitrogen and oxygen atoms in total. The predicted molar refractivity (Wildman–Crippen MR) is 157 cm³/mol. The SMILES string of the molecule is CCCCOC1(c2ccccc2C)CN(C(=O)C(Cc2ccc(OC)cc2)NCCC(CC)C2CNCN2)C1. The van der Waals surface area contributed by atoms with Crippen molar-refractivity contribution in [1.29, 1.82) is 0 Å². The smallest absolute Gasteiger partial charge is 0.240 e. The molecule has 2 aliphatic rings. The number of methoxy groups -OCH3 is 1. The van der Waals surface area contributed by atoms with Crippen LogP contribution in [0.15, 0.2) is 48.5 Å². The Hall–Kier alpha value is -2.45. The molecule has 3 N–H and O–H groups in total. The van der Waals surface area contributed by atoms with Crippen LogP contribution < -0.4 is 20.7 Å². The van der Waals surface area contributed by atoms with Crippen LogP contribution in [0.2, 0.25) is 0 Å². The van der Waals surface area contributed by atoms with Crippen LogP contribution in [0.1, 0.15) is 56.2 Å². The van der Waals surface area contributed by atoms with Crippen LogP contribution in [0.4, 0.5) is 0 Å². The summed E-state index contributed by atoms with van der Waals surface area (Å²) >= 11 is 0. The van der Waals surface area contributed by atoms with E-state index in [1.54, 1.807) is 7.11 Å². The van der Waals surface area contributed by atoms with E-state index in [2.05, 4.69) is 73.1 Å². The number of carbonyl (C=O) groups excluding carboxylic acids is 1. The minimum Gasteiger partial charge on any atom is -0.497 e. The van der Waals surface area contributed by atoms with E-state index in [-0.39, 0.29) is 11.9 Å². The molecule has 0 bridgehead atoms. The molecule has 2 aliphatic heterocycles. The van der Waals surface area contributed by atoms with Crippen LogP contribution >= 0.6 is 0 Å². The molecule has 2 heterocycles. The third-order valence-corrected chi connectivity index (χ3v) is 8.47. The summed E-state index contributed by atoms with van der Waals surface area (Å²) in [6.45, 7) is 11.2. The number of unbranched alkanes of at least 4 members (excludes halogenated alkanes) is 1. The van der Waals surface area contributed by atoms with Gasteiger partial charge >= 0.3 is 0 Å². The maximum absolute atomic E-state index is 13.9. The molecule has 0 saturated carbocycles.